The van der Waals surface area contributed by atoms with Crippen molar-refractivity contribution < 1.29 is 13.2 Å². The maximum atomic E-state index is 11.8. The molecule has 1 saturated heterocycles. The van der Waals surface area contributed by atoms with E-state index >= 15 is 0 Å². The van der Waals surface area contributed by atoms with Gasteiger partial charge in [-0.2, -0.15) is 8.75 Å². The van der Waals surface area contributed by atoms with Crippen LogP contribution >= 0.6 is 11.7 Å². The Labute approximate surface area is 132 Å². The highest BCUT2D eigenvalue weighted by molar-refractivity contribution is 7.91. The van der Waals surface area contributed by atoms with Crippen LogP contribution in [0.1, 0.15) is 12.0 Å². The van der Waals surface area contributed by atoms with Gasteiger partial charge in [0.1, 0.15) is 11.0 Å². The van der Waals surface area contributed by atoms with E-state index in [1.807, 2.05) is 18.2 Å². The van der Waals surface area contributed by atoms with Gasteiger partial charge in [0.15, 0.2) is 9.84 Å². The van der Waals surface area contributed by atoms with Crippen LogP contribution in [-0.2, 0) is 16.4 Å². The molecule has 0 radical (unpaired) electrons. The number of rotatable bonds is 4. The molecular weight excluding hydrogens is 324 g/mol. The Kier molecular flexibility index (Phi) is 4.25. The summed E-state index contributed by atoms with van der Waals surface area (Å²) in [5.41, 5.74) is 2.61. The third-order valence-electron chi connectivity index (χ3n) is 3.65. The number of hydrogen-bond acceptors (Lipinski definition) is 6. The van der Waals surface area contributed by atoms with Gasteiger partial charge in [-0.3, -0.25) is 0 Å². The van der Waals surface area contributed by atoms with E-state index in [4.69, 9.17) is 0 Å². The van der Waals surface area contributed by atoms with E-state index in [9.17, 15) is 13.2 Å². The van der Waals surface area contributed by atoms with Crippen molar-refractivity contribution in [1.29, 1.82) is 0 Å². The quantitative estimate of drug-likeness (QED) is 0.862. The van der Waals surface area contributed by atoms with Gasteiger partial charge in [0.25, 0.3) is 0 Å². The molecule has 22 heavy (non-hydrogen) atoms. The Hall–Kier alpha value is -1.74. The lowest BCUT2D eigenvalue weighted by atomic mass is 10.1. The van der Waals surface area contributed by atoms with Crippen LogP contribution in [0.15, 0.2) is 18.2 Å². The zero-order chi connectivity index (χ0) is 15.6. The number of aromatic nitrogens is 2. The fourth-order valence-electron chi connectivity index (χ4n) is 2.45. The molecule has 1 atom stereocenters. The van der Waals surface area contributed by atoms with Gasteiger partial charge in [0.2, 0.25) is 0 Å². The number of nitrogens with one attached hydrogen (secondary N) is 2. The predicted octanol–water partition coefficient (Wildman–Crippen LogP) is 0.925. The Balaban J connectivity index is 1.46. The maximum Gasteiger partial charge on any atom is 0.315 e. The molecule has 1 aromatic heterocycles. The summed E-state index contributed by atoms with van der Waals surface area (Å²) in [6.07, 6.45) is 0.621. The number of urea groups is 1. The van der Waals surface area contributed by atoms with Crippen LogP contribution in [-0.4, -0.2) is 41.2 Å². The molecule has 3 rings (SSSR count). The lowest BCUT2D eigenvalue weighted by Gasteiger charge is -2.11. The van der Waals surface area contributed by atoms with E-state index in [2.05, 4.69) is 19.4 Å². The third kappa shape index (κ3) is 3.72. The number of sulfone groups is 1. The van der Waals surface area contributed by atoms with E-state index in [0.717, 1.165) is 28.3 Å². The monoisotopic (exact) mass is 340 g/mol. The minimum atomic E-state index is -2.90. The predicted molar refractivity (Wildman–Crippen MR) is 84.4 cm³/mol. The zero-order valence-electron chi connectivity index (χ0n) is 11.8. The van der Waals surface area contributed by atoms with E-state index in [1.165, 1.54) is 0 Å². The second-order valence-corrected chi connectivity index (χ2v) is 8.18. The van der Waals surface area contributed by atoms with Crippen LogP contribution in [0.4, 0.5) is 4.79 Å². The molecule has 0 spiro atoms. The van der Waals surface area contributed by atoms with E-state index in [-0.39, 0.29) is 23.5 Å². The second-order valence-electron chi connectivity index (χ2n) is 5.42. The molecule has 1 unspecified atom stereocenters. The number of carbonyl (C=O) groups excluding carboxylic acids is 1. The summed E-state index contributed by atoms with van der Waals surface area (Å²) in [5, 5.41) is 5.48. The van der Waals surface area contributed by atoms with E-state index in [0.29, 0.717) is 19.5 Å². The Morgan fingerprint density at radius 1 is 1.27 bits per heavy atom. The van der Waals surface area contributed by atoms with Crippen molar-refractivity contribution in [3.8, 4) is 0 Å². The summed E-state index contributed by atoms with van der Waals surface area (Å²) in [4.78, 5) is 11.8. The van der Waals surface area contributed by atoms with E-state index in [1.54, 1.807) is 0 Å². The molecule has 2 N–H and O–H groups in total. The molecule has 118 valence electrons. The summed E-state index contributed by atoms with van der Waals surface area (Å²) in [7, 11) is -2.90. The van der Waals surface area contributed by atoms with Gasteiger partial charge >= 0.3 is 6.03 Å². The number of carbonyl (C=O) groups is 1. The highest BCUT2D eigenvalue weighted by Crippen LogP contribution is 2.17. The third-order valence-corrected chi connectivity index (χ3v) is 6.04. The van der Waals surface area contributed by atoms with Crippen LogP contribution in [0.25, 0.3) is 11.0 Å². The number of nitrogens with zero attached hydrogens (tertiary/aromatic N) is 2. The standard InChI is InChI=1S/C13H16N4O3S2/c18-13(15-7-10-3-4-22(19,20)8-10)14-6-9-1-2-11-12(5-9)17-21-16-11/h1-2,5,10H,3-4,6-8H2,(H2,14,15,18). The molecule has 7 nitrogen and oxygen atoms in total. The largest absolute Gasteiger partial charge is 0.338 e. The number of fused-ring (bicyclic) bond motifs is 1. The Morgan fingerprint density at radius 3 is 2.86 bits per heavy atom. The SMILES string of the molecule is O=C(NCc1ccc2nsnc2c1)NCC1CCS(=O)(=O)C1. The number of benzene rings is 1. The minimum Gasteiger partial charge on any atom is -0.338 e. The van der Waals surface area contributed by atoms with Gasteiger partial charge in [-0.05, 0) is 30.0 Å². The molecular formula is C13H16N4O3S2. The van der Waals surface area contributed by atoms with Crippen molar-refractivity contribution >= 4 is 38.6 Å². The smallest absolute Gasteiger partial charge is 0.315 e. The summed E-state index contributed by atoms with van der Waals surface area (Å²) in [5.74, 6) is 0.414. The van der Waals surface area contributed by atoms with Crippen molar-refractivity contribution in [3.63, 3.8) is 0 Å². The highest BCUT2D eigenvalue weighted by Gasteiger charge is 2.27. The van der Waals surface area contributed by atoms with Crippen molar-refractivity contribution in [3.05, 3.63) is 23.8 Å². The molecule has 2 aromatic rings. The van der Waals surface area contributed by atoms with Crippen LogP contribution in [0.3, 0.4) is 0 Å². The summed E-state index contributed by atoms with van der Waals surface area (Å²) in [6.45, 7) is 0.780. The lowest BCUT2D eigenvalue weighted by molar-refractivity contribution is 0.239. The molecule has 9 heteroatoms. The first-order chi connectivity index (χ1) is 10.5. The fraction of sp³-hybridized carbons (Fsp3) is 0.462. The maximum absolute atomic E-state index is 11.8. The van der Waals surface area contributed by atoms with Crippen LogP contribution in [0.2, 0.25) is 0 Å². The fourth-order valence-corrected chi connectivity index (χ4v) is 4.83. The van der Waals surface area contributed by atoms with Gasteiger partial charge in [0, 0.05) is 13.1 Å². The molecule has 1 aliphatic heterocycles. The second kappa shape index (κ2) is 6.17. The summed E-state index contributed by atoms with van der Waals surface area (Å²) < 4.78 is 31.0. The Bertz CT molecular complexity index is 787. The highest BCUT2D eigenvalue weighted by atomic mass is 32.2. The summed E-state index contributed by atoms with van der Waals surface area (Å²) in [6, 6.07) is 5.37. The lowest BCUT2D eigenvalue weighted by Crippen LogP contribution is -2.38. The molecule has 2 heterocycles. The molecule has 1 aliphatic rings. The zero-order valence-corrected chi connectivity index (χ0v) is 13.4. The van der Waals surface area contributed by atoms with Crippen LogP contribution in [0, 0.1) is 5.92 Å². The molecule has 0 aliphatic carbocycles. The molecule has 2 amide bonds. The summed E-state index contributed by atoms with van der Waals surface area (Å²) >= 11 is 1.16. The number of hydrogen-bond donors (Lipinski definition) is 2. The van der Waals surface area contributed by atoms with Crippen molar-refractivity contribution in [1.82, 2.24) is 19.4 Å². The van der Waals surface area contributed by atoms with Gasteiger partial charge in [0.05, 0.1) is 23.2 Å². The Morgan fingerprint density at radius 2 is 2.09 bits per heavy atom. The van der Waals surface area contributed by atoms with Crippen molar-refractivity contribution in [2.24, 2.45) is 5.92 Å². The van der Waals surface area contributed by atoms with Gasteiger partial charge in [-0.1, -0.05) is 6.07 Å². The van der Waals surface area contributed by atoms with Crippen LogP contribution in [0.5, 0.6) is 0 Å². The first-order valence-corrected chi connectivity index (χ1v) is 9.50. The van der Waals surface area contributed by atoms with Crippen LogP contribution < -0.4 is 10.6 Å². The van der Waals surface area contributed by atoms with Gasteiger partial charge in [-0.15, -0.1) is 0 Å². The average Bonchev–Trinajstić information content (AvgIpc) is 3.08. The topological polar surface area (TPSA) is 101 Å². The molecule has 0 saturated carbocycles. The first kappa shape index (κ1) is 15.2. The number of amides is 2. The van der Waals surface area contributed by atoms with Gasteiger partial charge in [-0.25, -0.2) is 13.2 Å². The van der Waals surface area contributed by atoms with E-state index < -0.39 is 9.84 Å². The average molecular weight is 340 g/mol. The molecule has 1 fully saturated rings. The van der Waals surface area contributed by atoms with Crippen molar-refractivity contribution in [2.75, 3.05) is 18.1 Å². The van der Waals surface area contributed by atoms with Crippen molar-refractivity contribution in [2.45, 2.75) is 13.0 Å². The van der Waals surface area contributed by atoms with Gasteiger partial charge < -0.3 is 10.6 Å². The molecule has 0 bridgehead atoms. The molecule has 1 aromatic carbocycles. The minimum absolute atomic E-state index is 0.0215. The normalized spacial score (nSPS) is 20.1. The first-order valence-electron chi connectivity index (χ1n) is 6.95.